The molecule has 1 rings (SSSR count). The van der Waals surface area contributed by atoms with Gasteiger partial charge in [0, 0.05) is 25.2 Å². The van der Waals surface area contributed by atoms with E-state index in [1.165, 1.54) is 6.20 Å². The Morgan fingerprint density at radius 3 is 2.73 bits per heavy atom. The molecule has 0 aromatic heterocycles. The second-order valence-electron chi connectivity index (χ2n) is 5.98. The van der Waals surface area contributed by atoms with Gasteiger partial charge < -0.3 is 29.9 Å². The zero-order valence-corrected chi connectivity index (χ0v) is 15.5. The van der Waals surface area contributed by atoms with E-state index < -0.39 is 24.4 Å². The highest BCUT2D eigenvalue weighted by Gasteiger charge is 2.37. The summed E-state index contributed by atoms with van der Waals surface area (Å²) in [5.41, 5.74) is 3.05. The van der Waals surface area contributed by atoms with E-state index in [9.17, 15) is 19.8 Å². The zero-order chi connectivity index (χ0) is 19.7. The van der Waals surface area contributed by atoms with Crippen LogP contribution < -0.4 is 5.32 Å². The molecule has 0 spiro atoms. The molecule has 2 unspecified atom stereocenters. The fraction of sp³-hybridized carbons (Fsp3) is 0.611. The first kappa shape index (κ1) is 21.9. The van der Waals surface area contributed by atoms with Crippen LogP contribution in [-0.4, -0.2) is 66.1 Å². The fourth-order valence-electron chi connectivity index (χ4n) is 2.68. The molecule has 0 saturated carbocycles. The average Bonchev–Trinajstić information content (AvgIpc) is 3.01. The number of aldehydes is 1. The van der Waals surface area contributed by atoms with Crippen molar-refractivity contribution in [3.63, 3.8) is 0 Å². The van der Waals surface area contributed by atoms with Gasteiger partial charge in [0.15, 0.2) is 5.82 Å². The van der Waals surface area contributed by atoms with Crippen LogP contribution in [0.3, 0.4) is 0 Å². The van der Waals surface area contributed by atoms with Crippen LogP contribution in [0.15, 0.2) is 29.9 Å². The van der Waals surface area contributed by atoms with Crippen LogP contribution in [-0.2, 0) is 19.1 Å². The molecular formula is C18H28N2O6. The smallest absolute Gasteiger partial charge is 0.308 e. The topological polar surface area (TPSA) is 108 Å². The lowest BCUT2D eigenvalue weighted by atomic mass is 10.0. The Morgan fingerprint density at radius 2 is 2.27 bits per heavy atom. The van der Waals surface area contributed by atoms with Gasteiger partial charge in [-0.05, 0) is 13.3 Å². The Balaban J connectivity index is 3.05. The summed E-state index contributed by atoms with van der Waals surface area (Å²) in [6, 6.07) is 0. The number of nitrogens with one attached hydrogen (secondary N) is 1. The number of aliphatic hydroxyl groups is 2. The minimum Gasteiger partial charge on any atom is -0.466 e. The number of esters is 1. The van der Waals surface area contributed by atoms with E-state index in [1.54, 1.807) is 25.8 Å². The summed E-state index contributed by atoms with van der Waals surface area (Å²) in [6.07, 6.45) is 0.447. The molecule has 0 aromatic rings. The summed E-state index contributed by atoms with van der Waals surface area (Å²) in [7, 11) is 1.66. The number of nitrogens with zero attached hydrogens (tertiary/aromatic N) is 1. The number of carbonyl (C=O) groups is 2. The third-order valence-corrected chi connectivity index (χ3v) is 4.04. The summed E-state index contributed by atoms with van der Waals surface area (Å²) in [4.78, 5) is 24.9. The molecule has 146 valence electrons. The Labute approximate surface area is 153 Å². The van der Waals surface area contributed by atoms with Gasteiger partial charge in [0.2, 0.25) is 0 Å². The molecule has 1 fully saturated rings. The number of ether oxygens (including phenoxy) is 2. The van der Waals surface area contributed by atoms with Crippen molar-refractivity contribution in [3.8, 4) is 0 Å². The molecule has 3 N–H and O–H groups in total. The number of rotatable bonds is 10. The van der Waals surface area contributed by atoms with Crippen LogP contribution in [0.5, 0.6) is 0 Å². The average molecular weight is 368 g/mol. The van der Waals surface area contributed by atoms with E-state index in [2.05, 4.69) is 17.6 Å². The number of carbonyl (C=O) groups excluding carboxylic acids is 2. The predicted octanol–water partition coefficient (Wildman–Crippen LogP) is 0.274. The lowest BCUT2D eigenvalue weighted by Gasteiger charge is -2.28. The van der Waals surface area contributed by atoms with Crippen molar-refractivity contribution in [1.29, 1.82) is 0 Å². The van der Waals surface area contributed by atoms with Crippen molar-refractivity contribution < 1.29 is 29.3 Å². The molecule has 1 heterocycles. The lowest BCUT2D eigenvalue weighted by Crippen LogP contribution is -2.35. The molecule has 0 aromatic carbocycles. The molecule has 4 atom stereocenters. The molecule has 0 bridgehead atoms. The summed E-state index contributed by atoms with van der Waals surface area (Å²) in [6.45, 7) is 6.96. The van der Waals surface area contributed by atoms with Gasteiger partial charge in [-0.2, -0.15) is 0 Å². The van der Waals surface area contributed by atoms with Crippen molar-refractivity contribution >= 4 is 12.3 Å². The molecule has 1 saturated heterocycles. The number of hydrogen-bond donors (Lipinski definition) is 3. The third kappa shape index (κ3) is 5.71. The van der Waals surface area contributed by atoms with Crippen molar-refractivity contribution in [2.75, 3.05) is 20.3 Å². The summed E-state index contributed by atoms with van der Waals surface area (Å²) in [5.74, 6) is -0.434. The van der Waals surface area contributed by atoms with Crippen LogP contribution in [0.4, 0.5) is 0 Å². The molecule has 8 heteroatoms. The minimum absolute atomic E-state index is 0.186. The second-order valence-corrected chi connectivity index (χ2v) is 5.98. The first-order valence-corrected chi connectivity index (χ1v) is 8.54. The predicted molar refractivity (Wildman–Crippen MR) is 94.5 cm³/mol. The van der Waals surface area contributed by atoms with Crippen LogP contribution in [0, 0.1) is 5.92 Å². The Bertz CT molecular complexity index is 570. The standard InChI is InChI=1S/C18H28N2O6/c1-5-16(19-4)20(17-8-14(23)15(11-22)26-17)9-13(10-21)7-12(3)18(24)25-6-2/h9-10,12,14-15,17,19,22-23H,1,6-8,11H2,2-4H3/b13-9-/t12?,14?,15-,17-/m1/s1. The van der Waals surface area contributed by atoms with E-state index in [1.807, 2.05) is 0 Å². The Kier molecular flexibility index (Phi) is 9.09. The number of hydrogen-bond acceptors (Lipinski definition) is 8. The van der Waals surface area contributed by atoms with E-state index >= 15 is 0 Å². The van der Waals surface area contributed by atoms with Crippen molar-refractivity contribution in [2.24, 2.45) is 5.92 Å². The number of allylic oxidation sites excluding steroid dienone is 1. The second kappa shape index (κ2) is 10.8. The van der Waals surface area contributed by atoms with Crippen molar-refractivity contribution in [2.45, 2.75) is 45.1 Å². The van der Waals surface area contributed by atoms with Gasteiger partial charge >= 0.3 is 5.97 Å². The molecule has 0 amide bonds. The molecule has 0 radical (unpaired) electrons. The van der Waals surface area contributed by atoms with E-state index in [-0.39, 0.29) is 32.0 Å². The van der Waals surface area contributed by atoms with Crippen molar-refractivity contribution in [1.82, 2.24) is 10.2 Å². The molecular weight excluding hydrogens is 340 g/mol. The fourth-order valence-corrected chi connectivity index (χ4v) is 2.68. The van der Waals surface area contributed by atoms with Crippen LogP contribution in [0.1, 0.15) is 26.7 Å². The maximum Gasteiger partial charge on any atom is 0.308 e. The summed E-state index contributed by atoms with van der Waals surface area (Å²) in [5, 5.41) is 22.1. The first-order valence-electron chi connectivity index (χ1n) is 8.54. The monoisotopic (exact) mass is 368 g/mol. The van der Waals surface area contributed by atoms with Gasteiger partial charge in [-0.3, -0.25) is 9.59 Å². The van der Waals surface area contributed by atoms with E-state index in [0.29, 0.717) is 17.7 Å². The van der Waals surface area contributed by atoms with Gasteiger partial charge in [0.25, 0.3) is 0 Å². The van der Waals surface area contributed by atoms with Gasteiger partial charge in [0.05, 0.1) is 25.2 Å². The lowest BCUT2D eigenvalue weighted by molar-refractivity contribution is -0.147. The molecule has 1 aliphatic rings. The summed E-state index contributed by atoms with van der Waals surface area (Å²) < 4.78 is 10.6. The highest BCUT2D eigenvalue weighted by atomic mass is 16.5. The van der Waals surface area contributed by atoms with Gasteiger partial charge in [-0.15, -0.1) is 0 Å². The normalized spacial score (nSPS) is 23.7. The van der Waals surface area contributed by atoms with Gasteiger partial charge in [-0.1, -0.05) is 19.2 Å². The molecule has 1 aliphatic heterocycles. The Hall–Kier alpha value is -2.12. The number of aliphatic hydroxyl groups excluding tert-OH is 2. The SMILES string of the molecule is C=C=C(NC)N(/C=C(\C=O)CC(C)C(=O)OCC)[C@H]1CC(O)[C@@H](CO)O1. The maximum absolute atomic E-state index is 11.8. The first-order chi connectivity index (χ1) is 12.4. The highest BCUT2D eigenvalue weighted by Crippen LogP contribution is 2.26. The van der Waals surface area contributed by atoms with E-state index in [4.69, 9.17) is 9.47 Å². The summed E-state index contributed by atoms with van der Waals surface area (Å²) >= 11 is 0. The van der Waals surface area contributed by atoms with Crippen LogP contribution in [0.2, 0.25) is 0 Å². The maximum atomic E-state index is 11.8. The van der Waals surface area contributed by atoms with Crippen LogP contribution >= 0.6 is 0 Å². The molecule has 8 nitrogen and oxygen atoms in total. The quantitative estimate of drug-likeness (QED) is 0.218. The Morgan fingerprint density at radius 1 is 1.58 bits per heavy atom. The van der Waals surface area contributed by atoms with Gasteiger partial charge in [0.1, 0.15) is 18.6 Å². The third-order valence-electron chi connectivity index (χ3n) is 4.04. The highest BCUT2D eigenvalue weighted by molar-refractivity contribution is 5.77. The zero-order valence-electron chi connectivity index (χ0n) is 15.5. The van der Waals surface area contributed by atoms with E-state index in [0.717, 1.165) is 0 Å². The van der Waals surface area contributed by atoms with Gasteiger partial charge in [-0.25, -0.2) is 0 Å². The minimum atomic E-state index is -0.832. The largest absolute Gasteiger partial charge is 0.466 e. The van der Waals surface area contributed by atoms with Crippen molar-refractivity contribution in [3.05, 3.63) is 29.9 Å². The van der Waals surface area contributed by atoms with Crippen LogP contribution in [0.25, 0.3) is 0 Å². The molecule has 0 aliphatic carbocycles. The molecule has 26 heavy (non-hydrogen) atoms.